The van der Waals surface area contributed by atoms with E-state index >= 15 is 0 Å². The number of rotatable bonds is 2. The summed E-state index contributed by atoms with van der Waals surface area (Å²) in [5.74, 6) is 0.303. The molecule has 0 bridgehead atoms. The van der Waals surface area contributed by atoms with Crippen molar-refractivity contribution in [2.24, 2.45) is 0 Å². The minimum atomic E-state index is -0.200. The zero-order valence-electron chi connectivity index (χ0n) is 10.6. The van der Waals surface area contributed by atoms with Crippen LogP contribution in [0.5, 0.6) is 0 Å². The van der Waals surface area contributed by atoms with Gasteiger partial charge in [0.05, 0.1) is 14.6 Å². The number of hydrogen-bond acceptors (Lipinski definition) is 3. The highest BCUT2D eigenvalue weighted by Crippen LogP contribution is 2.39. The van der Waals surface area contributed by atoms with Crippen molar-refractivity contribution in [3.05, 3.63) is 21.5 Å². The number of benzene rings is 1. The molecule has 2 atom stereocenters. The van der Waals surface area contributed by atoms with Crippen LogP contribution in [0.25, 0.3) is 11.0 Å². The Morgan fingerprint density at radius 2 is 2.26 bits per heavy atom. The maximum absolute atomic E-state index is 13.8. The maximum atomic E-state index is 13.8. The molecule has 0 saturated heterocycles. The molecule has 1 aliphatic carbocycles. The molecule has 2 unspecified atom stereocenters. The Morgan fingerprint density at radius 3 is 2.95 bits per heavy atom. The van der Waals surface area contributed by atoms with Crippen molar-refractivity contribution in [3.63, 3.8) is 0 Å². The van der Waals surface area contributed by atoms with Crippen molar-refractivity contribution < 1.29 is 4.39 Å². The molecule has 1 aromatic heterocycles. The van der Waals surface area contributed by atoms with Gasteiger partial charge in [0.15, 0.2) is 0 Å². The molecular weight excluding hydrogens is 376 g/mol. The summed E-state index contributed by atoms with van der Waals surface area (Å²) in [6, 6.07) is 3.67. The van der Waals surface area contributed by atoms with Gasteiger partial charge in [-0.3, -0.25) is 0 Å². The zero-order valence-corrected chi connectivity index (χ0v) is 13.5. The summed E-state index contributed by atoms with van der Waals surface area (Å²) < 4.78 is 16.4. The molecule has 1 aliphatic rings. The highest BCUT2D eigenvalue weighted by Gasteiger charge is 2.28. The van der Waals surface area contributed by atoms with Crippen molar-refractivity contribution >= 4 is 51.3 Å². The monoisotopic (exact) mass is 391 g/mol. The standard InChI is InChI=1S/C13H15FIN3S/c1-19-8-3-2-7(4-8)18-12-5-9(14)10(15)6-11(12)17-13(18)16/h5-8H,2-4H2,1H3,(H2,16,17). The van der Waals surface area contributed by atoms with E-state index in [1.54, 1.807) is 12.1 Å². The van der Waals surface area contributed by atoms with E-state index in [1.807, 2.05) is 38.9 Å². The van der Waals surface area contributed by atoms with E-state index < -0.39 is 0 Å². The number of thioether (sulfide) groups is 1. The normalized spacial score (nSPS) is 23.3. The number of halogens is 2. The topological polar surface area (TPSA) is 43.8 Å². The lowest BCUT2D eigenvalue weighted by molar-refractivity contribution is 0.539. The van der Waals surface area contributed by atoms with E-state index in [2.05, 4.69) is 11.2 Å². The van der Waals surface area contributed by atoms with Crippen molar-refractivity contribution in [2.75, 3.05) is 12.0 Å². The van der Waals surface area contributed by atoms with Gasteiger partial charge in [0.25, 0.3) is 0 Å². The van der Waals surface area contributed by atoms with Crippen LogP contribution < -0.4 is 5.73 Å². The zero-order chi connectivity index (χ0) is 13.6. The first-order chi connectivity index (χ1) is 9.10. The molecule has 102 valence electrons. The first kappa shape index (κ1) is 13.5. The smallest absolute Gasteiger partial charge is 0.201 e. The molecule has 3 rings (SSSR count). The molecule has 3 nitrogen and oxygen atoms in total. The Morgan fingerprint density at radius 1 is 1.47 bits per heavy atom. The second-order valence-corrected chi connectivity index (χ2v) is 7.22. The van der Waals surface area contributed by atoms with E-state index in [0.717, 1.165) is 23.9 Å². The quantitative estimate of drug-likeness (QED) is 0.792. The molecule has 2 aromatic rings. The Bertz CT molecular complexity index is 628. The summed E-state index contributed by atoms with van der Waals surface area (Å²) in [7, 11) is 0. The minimum Gasteiger partial charge on any atom is -0.369 e. The summed E-state index contributed by atoms with van der Waals surface area (Å²) in [6.07, 6.45) is 5.52. The average Bonchev–Trinajstić information content (AvgIpc) is 2.94. The molecular formula is C13H15FIN3S. The van der Waals surface area contributed by atoms with Crippen molar-refractivity contribution in [1.82, 2.24) is 9.55 Å². The summed E-state index contributed by atoms with van der Waals surface area (Å²) >= 11 is 3.88. The van der Waals surface area contributed by atoms with Crippen molar-refractivity contribution in [1.29, 1.82) is 0 Å². The number of fused-ring (bicyclic) bond motifs is 1. The Kier molecular flexibility index (Phi) is 3.63. The van der Waals surface area contributed by atoms with Crippen molar-refractivity contribution in [2.45, 2.75) is 30.6 Å². The van der Waals surface area contributed by atoms with E-state index in [1.165, 1.54) is 6.42 Å². The minimum absolute atomic E-state index is 0.200. The van der Waals surface area contributed by atoms with Gasteiger partial charge in [0.2, 0.25) is 5.95 Å². The molecule has 19 heavy (non-hydrogen) atoms. The number of aromatic nitrogens is 2. The number of nitrogens with two attached hydrogens (primary N) is 1. The van der Waals surface area contributed by atoms with E-state index in [9.17, 15) is 4.39 Å². The van der Waals surface area contributed by atoms with Crippen LogP contribution in [0.3, 0.4) is 0 Å². The second-order valence-electron chi connectivity index (χ2n) is 4.92. The summed E-state index contributed by atoms with van der Waals surface area (Å²) in [4.78, 5) is 4.37. The van der Waals surface area contributed by atoms with Crippen LogP contribution in [0, 0.1) is 9.39 Å². The van der Waals surface area contributed by atoms with E-state index in [-0.39, 0.29) is 5.82 Å². The van der Waals surface area contributed by atoms with Crippen LogP contribution >= 0.6 is 34.4 Å². The fourth-order valence-electron chi connectivity index (χ4n) is 2.86. The summed E-state index contributed by atoms with van der Waals surface area (Å²) in [5.41, 5.74) is 7.65. The van der Waals surface area contributed by atoms with Gasteiger partial charge in [-0.05, 0) is 54.2 Å². The Hall–Kier alpha value is -0.500. The largest absolute Gasteiger partial charge is 0.369 e. The second kappa shape index (κ2) is 5.12. The van der Waals surface area contributed by atoms with Crippen LogP contribution in [0.4, 0.5) is 10.3 Å². The van der Waals surface area contributed by atoms with Gasteiger partial charge in [-0.2, -0.15) is 11.8 Å². The van der Waals surface area contributed by atoms with Gasteiger partial charge in [-0.1, -0.05) is 0 Å². The Balaban J connectivity index is 2.08. The molecule has 6 heteroatoms. The summed E-state index contributed by atoms with van der Waals surface area (Å²) in [5, 5.41) is 0.676. The molecule has 0 spiro atoms. The third-order valence-electron chi connectivity index (χ3n) is 3.81. The van der Waals surface area contributed by atoms with Crippen LogP contribution in [0.1, 0.15) is 25.3 Å². The Labute approximate surface area is 129 Å². The summed E-state index contributed by atoms with van der Waals surface area (Å²) in [6.45, 7) is 0. The molecule has 1 saturated carbocycles. The average molecular weight is 391 g/mol. The fourth-order valence-corrected chi connectivity index (χ4v) is 4.10. The van der Waals surface area contributed by atoms with Gasteiger partial charge in [0, 0.05) is 17.4 Å². The number of nitrogens with zero attached hydrogens (tertiary/aromatic N) is 2. The SMILES string of the molecule is CSC1CCC(n2c(N)nc3cc(I)c(F)cc32)C1. The predicted octanol–water partition coefficient (Wildman–Crippen LogP) is 3.82. The number of nitrogen functional groups attached to an aromatic ring is 1. The predicted molar refractivity (Wildman–Crippen MR) is 87.0 cm³/mol. The molecule has 0 radical (unpaired) electrons. The number of anilines is 1. The van der Waals surface area contributed by atoms with Gasteiger partial charge < -0.3 is 10.3 Å². The molecule has 2 N–H and O–H groups in total. The highest BCUT2D eigenvalue weighted by molar-refractivity contribution is 14.1. The third-order valence-corrected chi connectivity index (χ3v) is 5.74. The number of imidazole rings is 1. The van der Waals surface area contributed by atoms with Gasteiger partial charge >= 0.3 is 0 Å². The van der Waals surface area contributed by atoms with Crippen LogP contribution in [-0.4, -0.2) is 21.1 Å². The van der Waals surface area contributed by atoms with Crippen molar-refractivity contribution in [3.8, 4) is 0 Å². The van der Waals surface area contributed by atoms with Gasteiger partial charge in [-0.15, -0.1) is 0 Å². The molecule has 0 amide bonds. The van der Waals surface area contributed by atoms with Gasteiger partial charge in [-0.25, -0.2) is 9.37 Å². The van der Waals surface area contributed by atoms with E-state index in [0.29, 0.717) is 20.8 Å². The first-order valence-electron chi connectivity index (χ1n) is 6.25. The fraction of sp³-hybridized carbons (Fsp3) is 0.462. The molecule has 1 heterocycles. The molecule has 1 aromatic carbocycles. The number of hydrogen-bond donors (Lipinski definition) is 1. The van der Waals surface area contributed by atoms with Crippen LogP contribution in [0.15, 0.2) is 12.1 Å². The van der Waals surface area contributed by atoms with E-state index in [4.69, 9.17) is 5.73 Å². The van der Waals surface area contributed by atoms with Crippen LogP contribution in [-0.2, 0) is 0 Å². The molecule has 1 fully saturated rings. The lowest BCUT2D eigenvalue weighted by Gasteiger charge is -2.15. The molecule has 0 aliphatic heterocycles. The highest BCUT2D eigenvalue weighted by atomic mass is 127. The van der Waals surface area contributed by atoms with Gasteiger partial charge in [0.1, 0.15) is 5.82 Å². The van der Waals surface area contributed by atoms with Crippen LogP contribution in [0.2, 0.25) is 0 Å². The lowest BCUT2D eigenvalue weighted by atomic mass is 10.2. The maximum Gasteiger partial charge on any atom is 0.201 e. The lowest BCUT2D eigenvalue weighted by Crippen LogP contribution is -2.09. The first-order valence-corrected chi connectivity index (χ1v) is 8.62. The third kappa shape index (κ3) is 2.33.